The molecule has 1 atom stereocenters. The van der Waals surface area contributed by atoms with Gasteiger partial charge >= 0.3 is 6.36 Å². The minimum Gasteiger partial charge on any atom is -0.406 e. The molecular weight excluding hydrogens is 387 g/mol. The Kier molecular flexibility index (Phi) is 5.67. The summed E-state index contributed by atoms with van der Waals surface area (Å²) in [5.41, 5.74) is 0.414. The van der Waals surface area contributed by atoms with Gasteiger partial charge in [-0.3, -0.25) is 9.59 Å². The number of amides is 1. The monoisotopic (exact) mass is 403 g/mol. The van der Waals surface area contributed by atoms with Gasteiger partial charge in [-0.25, -0.2) is 4.98 Å². The molecule has 0 aliphatic carbocycles. The zero-order chi connectivity index (χ0) is 21.0. The maximum atomic E-state index is 12.5. The van der Waals surface area contributed by atoms with Gasteiger partial charge in [0.2, 0.25) is 0 Å². The maximum Gasteiger partial charge on any atom is 0.573 e. The van der Waals surface area contributed by atoms with Crippen LogP contribution in [0.2, 0.25) is 0 Å². The van der Waals surface area contributed by atoms with Gasteiger partial charge in [0.25, 0.3) is 11.5 Å². The standard InChI is InChI=1S/C20H16F3N3O3/c1-12(14-8-5-9-15(10-14)29-20(21,22)23)24-19(28)16-11-17(27)26-18(25-16)13-6-3-2-4-7-13/h2-12H,1H3,(H,24,28)(H,25,26,27). The summed E-state index contributed by atoms with van der Waals surface area (Å²) in [6.07, 6.45) is -4.81. The zero-order valence-corrected chi connectivity index (χ0v) is 15.2. The predicted molar refractivity (Wildman–Crippen MR) is 99.3 cm³/mol. The van der Waals surface area contributed by atoms with Gasteiger partial charge < -0.3 is 15.0 Å². The topological polar surface area (TPSA) is 84.1 Å². The first-order chi connectivity index (χ1) is 13.7. The van der Waals surface area contributed by atoms with E-state index in [2.05, 4.69) is 20.0 Å². The van der Waals surface area contributed by atoms with E-state index in [9.17, 15) is 22.8 Å². The minimum atomic E-state index is -4.81. The van der Waals surface area contributed by atoms with E-state index in [0.29, 0.717) is 11.1 Å². The van der Waals surface area contributed by atoms with E-state index in [4.69, 9.17) is 0 Å². The fourth-order valence-corrected chi connectivity index (χ4v) is 2.64. The highest BCUT2D eigenvalue weighted by Gasteiger charge is 2.31. The number of carbonyl (C=O) groups excluding carboxylic acids is 1. The first kappa shape index (κ1) is 20.1. The summed E-state index contributed by atoms with van der Waals surface area (Å²) in [5, 5.41) is 2.62. The number of hydrogen-bond donors (Lipinski definition) is 2. The molecule has 1 unspecified atom stereocenters. The van der Waals surface area contributed by atoms with Crippen LogP contribution in [0.5, 0.6) is 5.75 Å². The van der Waals surface area contributed by atoms with Gasteiger partial charge in [-0.15, -0.1) is 13.2 Å². The molecule has 2 N–H and O–H groups in total. The number of ether oxygens (including phenoxy) is 1. The number of aromatic nitrogens is 2. The third-order valence-corrected chi connectivity index (χ3v) is 3.96. The molecule has 9 heteroatoms. The molecule has 0 bridgehead atoms. The van der Waals surface area contributed by atoms with Gasteiger partial charge in [0, 0.05) is 11.6 Å². The van der Waals surface area contributed by atoms with Crippen LogP contribution in [-0.2, 0) is 0 Å². The third kappa shape index (κ3) is 5.44. The van der Waals surface area contributed by atoms with Crippen molar-refractivity contribution in [1.29, 1.82) is 0 Å². The number of benzene rings is 2. The number of carbonyl (C=O) groups is 1. The van der Waals surface area contributed by atoms with Crippen molar-refractivity contribution >= 4 is 5.91 Å². The first-order valence-electron chi connectivity index (χ1n) is 8.54. The summed E-state index contributed by atoms with van der Waals surface area (Å²) in [7, 11) is 0. The van der Waals surface area contributed by atoms with Crippen molar-refractivity contribution in [2.24, 2.45) is 0 Å². The molecule has 0 spiro atoms. The molecule has 1 amide bonds. The van der Waals surface area contributed by atoms with E-state index in [1.54, 1.807) is 43.3 Å². The van der Waals surface area contributed by atoms with Crippen molar-refractivity contribution in [2.45, 2.75) is 19.3 Å². The van der Waals surface area contributed by atoms with Crippen molar-refractivity contribution in [3.8, 4) is 17.1 Å². The molecule has 0 saturated heterocycles. The summed E-state index contributed by atoms with van der Waals surface area (Å²) in [5.74, 6) is -0.795. The van der Waals surface area contributed by atoms with Gasteiger partial charge in [-0.1, -0.05) is 42.5 Å². The Hall–Kier alpha value is -3.62. The Morgan fingerprint density at radius 3 is 2.52 bits per heavy atom. The molecule has 1 heterocycles. The van der Waals surface area contributed by atoms with Crippen LogP contribution in [0.4, 0.5) is 13.2 Å². The average molecular weight is 403 g/mol. The lowest BCUT2D eigenvalue weighted by molar-refractivity contribution is -0.274. The summed E-state index contributed by atoms with van der Waals surface area (Å²) >= 11 is 0. The number of nitrogens with zero attached hydrogens (tertiary/aromatic N) is 1. The van der Waals surface area contributed by atoms with Crippen LogP contribution >= 0.6 is 0 Å². The van der Waals surface area contributed by atoms with E-state index < -0.39 is 29.6 Å². The maximum absolute atomic E-state index is 12.5. The Morgan fingerprint density at radius 2 is 1.83 bits per heavy atom. The minimum absolute atomic E-state index is 0.109. The number of rotatable bonds is 5. The highest BCUT2D eigenvalue weighted by atomic mass is 19.4. The van der Waals surface area contributed by atoms with E-state index in [1.807, 2.05) is 0 Å². The molecule has 150 valence electrons. The first-order valence-corrected chi connectivity index (χ1v) is 8.54. The molecule has 3 rings (SSSR count). The molecular formula is C20H16F3N3O3. The van der Waals surface area contributed by atoms with Crippen LogP contribution in [0, 0.1) is 0 Å². The molecule has 3 aromatic rings. The fraction of sp³-hybridized carbons (Fsp3) is 0.150. The number of halogens is 3. The smallest absolute Gasteiger partial charge is 0.406 e. The SMILES string of the molecule is CC(NC(=O)c1cc(=O)[nH]c(-c2ccccc2)n1)c1cccc(OC(F)(F)F)c1. The van der Waals surface area contributed by atoms with Gasteiger partial charge in [-0.2, -0.15) is 0 Å². The Morgan fingerprint density at radius 1 is 1.10 bits per heavy atom. The Bertz CT molecular complexity index is 1070. The van der Waals surface area contributed by atoms with Crippen molar-refractivity contribution in [1.82, 2.24) is 15.3 Å². The van der Waals surface area contributed by atoms with Gasteiger partial charge in [0.1, 0.15) is 17.3 Å². The van der Waals surface area contributed by atoms with Gasteiger partial charge in [0.05, 0.1) is 6.04 Å². The van der Waals surface area contributed by atoms with Crippen molar-refractivity contribution in [3.63, 3.8) is 0 Å². The number of hydrogen-bond acceptors (Lipinski definition) is 4. The van der Waals surface area contributed by atoms with Crippen molar-refractivity contribution in [3.05, 3.63) is 82.3 Å². The quantitative estimate of drug-likeness (QED) is 0.678. The van der Waals surface area contributed by atoms with E-state index in [1.165, 1.54) is 12.1 Å². The van der Waals surface area contributed by atoms with Crippen LogP contribution in [0.3, 0.4) is 0 Å². The van der Waals surface area contributed by atoms with E-state index in [-0.39, 0.29) is 11.5 Å². The van der Waals surface area contributed by atoms with Crippen molar-refractivity contribution in [2.75, 3.05) is 0 Å². The van der Waals surface area contributed by atoms with Gasteiger partial charge in [-0.05, 0) is 24.6 Å². The van der Waals surface area contributed by atoms with Crippen LogP contribution < -0.4 is 15.6 Å². The van der Waals surface area contributed by atoms with Crippen LogP contribution in [0.25, 0.3) is 11.4 Å². The molecule has 29 heavy (non-hydrogen) atoms. The zero-order valence-electron chi connectivity index (χ0n) is 15.2. The normalized spacial score (nSPS) is 12.3. The van der Waals surface area contributed by atoms with Gasteiger partial charge in [0.15, 0.2) is 0 Å². The number of nitrogens with one attached hydrogen (secondary N) is 2. The fourth-order valence-electron chi connectivity index (χ4n) is 2.64. The molecule has 2 aromatic carbocycles. The molecule has 0 saturated carbocycles. The summed E-state index contributed by atoms with van der Waals surface area (Å²) < 4.78 is 41.1. The second kappa shape index (κ2) is 8.17. The van der Waals surface area contributed by atoms with Crippen LogP contribution in [0.1, 0.15) is 29.0 Å². The van der Waals surface area contributed by atoms with Crippen LogP contribution in [-0.4, -0.2) is 22.2 Å². The molecule has 0 aliphatic rings. The number of alkyl halides is 3. The largest absolute Gasteiger partial charge is 0.573 e. The van der Waals surface area contributed by atoms with E-state index >= 15 is 0 Å². The number of H-pyrrole nitrogens is 1. The molecule has 6 nitrogen and oxygen atoms in total. The highest BCUT2D eigenvalue weighted by Crippen LogP contribution is 2.25. The average Bonchev–Trinajstić information content (AvgIpc) is 2.67. The van der Waals surface area contributed by atoms with Crippen LogP contribution in [0.15, 0.2) is 65.5 Å². The Balaban J connectivity index is 1.79. The molecule has 0 fully saturated rings. The second-order valence-electron chi connectivity index (χ2n) is 6.16. The summed E-state index contributed by atoms with van der Waals surface area (Å²) in [6, 6.07) is 14.5. The molecule has 0 aliphatic heterocycles. The summed E-state index contributed by atoms with van der Waals surface area (Å²) in [4.78, 5) is 31.2. The lowest BCUT2D eigenvalue weighted by Gasteiger charge is -2.16. The summed E-state index contributed by atoms with van der Waals surface area (Å²) in [6.45, 7) is 1.59. The molecule has 1 aromatic heterocycles. The third-order valence-electron chi connectivity index (χ3n) is 3.96. The van der Waals surface area contributed by atoms with Crippen molar-refractivity contribution < 1.29 is 22.7 Å². The van der Waals surface area contributed by atoms with E-state index in [0.717, 1.165) is 12.1 Å². The second-order valence-corrected chi connectivity index (χ2v) is 6.16. The lowest BCUT2D eigenvalue weighted by Crippen LogP contribution is -2.29. The predicted octanol–water partition coefficient (Wildman–Crippen LogP) is 3.83. The Labute approximate surface area is 163 Å². The lowest BCUT2D eigenvalue weighted by atomic mass is 10.1. The number of aromatic amines is 1. The molecule has 0 radical (unpaired) electrons. The highest BCUT2D eigenvalue weighted by molar-refractivity contribution is 5.92.